The van der Waals surface area contributed by atoms with Gasteiger partial charge >= 0.3 is 0 Å². The third-order valence-electron chi connectivity index (χ3n) is 4.31. The van der Waals surface area contributed by atoms with Gasteiger partial charge in [-0.15, -0.1) is 0 Å². The van der Waals surface area contributed by atoms with Gasteiger partial charge < -0.3 is 14.4 Å². The first-order valence-electron chi connectivity index (χ1n) is 7.52. The Morgan fingerprint density at radius 2 is 1.17 bits per heavy atom. The summed E-state index contributed by atoms with van der Waals surface area (Å²) in [6, 6.07) is 5.74. The van der Waals surface area contributed by atoms with Crippen LogP contribution in [0.3, 0.4) is 0 Å². The molecule has 24 heavy (non-hydrogen) atoms. The van der Waals surface area contributed by atoms with Crippen LogP contribution in [0.1, 0.15) is 0 Å². The number of hydrogen-bond donors (Lipinski definition) is 0. The van der Waals surface area contributed by atoms with Gasteiger partial charge in [-0.25, -0.2) is 8.78 Å². The van der Waals surface area contributed by atoms with Gasteiger partial charge in [-0.2, -0.15) is 0 Å². The van der Waals surface area contributed by atoms with Gasteiger partial charge in [-0.05, 0) is 24.3 Å². The summed E-state index contributed by atoms with van der Waals surface area (Å²) in [4.78, 5) is 16.0. The predicted octanol–water partition coefficient (Wildman–Crippen LogP) is 3.10. The fourth-order valence-corrected chi connectivity index (χ4v) is 2.98. The number of aromatic nitrogens is 1. The van der Waals surface area contributed by atoms with E-state index in [0.717, 1.165) is 0 Å². The molecule has 0 saturated heterocycles. The summed E-state index contributed by atoms with van der Waals surface area (Å²) in [5.41, 5.74) is 1.63. The average molecular weight is 331 g/mol. The third-order valence-corrected chi connectivity index (χ3v) is 4.31. The van der Waals surface area contributed by atoms with Crippen LogP contribution in [0.15, 0.2) is 29.1 Å². The Morgan fingerprint density at radius 3 is 1.50 bits per heavy atom. The van der Waals surface area contributed by atoms with Crippen molar-refractivity contribution >= 4 is 33.2 Å². The molecule has 0 aliphatic carbocycles. The number of anilines is 2. The summed E-state index contributed by atoms with van der Waals surface area (Å²) >= 11 is 0. The molecule has 3 aromatic rings. The Morgan fingerprint density at radius 1 is 0.792 bits per heavy atom. The monoisotopic (exact) mass is 331 g/mol. The number of rotatable bonds is 2. The van der Waals surface area contributed by atoms with E-state index < -0.39 is 11.6 Å². The molecular weight excluding hydrogens is 312 g/mol. The molecule has 6 heteroatoms. The Kier molecular flexibility index (Phi) is 3.70. The van der Waals surface area contributed by atoms with Crippen LogP contribution in [-0.4, -0.2) is 32.8 Å². The lowest BCUT2D eigenvalue weighted by atomic mass is 10.1. The van der Waals surface area contributed by atoms with Crippen LogP contribution in [0.25, 0.3) is 21.8 Å². The fourth-order valence-electron chi connectivity index (χ4n) is 2.98. The molecule has 0 amide bonds. The van der Waals surface area contributed by atoms with Gasteiger partial charge in [0.2, 0.25) is 0 Å². The number of aryl methyl sites for hydroxylation is 1. The summed E-state index contributed by atoms with van der Waals surface area (Å²) in [7, 11) is 8.75. The van der Waals surface area contributed by atoms with Crippen LogP contribution < -0.4 is 15.2 Å². The molecular formula is C18H19F2N3O. The molecule has 0 radical (unpaired) electrons. The number of nitrogens with zero attached hydrogens (tertiary/aromatic N) is 3. The maximum atomic E-state index is 14.3. The van der Waals surface area contributed by atoms with Crippen LogP contribution in [0, 0.1) is 11.6 Å². The summed E-state index contributed by atoms with van der Waals surface area (Å²) in [5.74, 6) is -0.955. The van der Waals surface area contributed by atoms with E-state index in [4.69, 9.17) is 0 Å². The van der Waals surface area contributed by atoms with Gasteiger partial charge in [0, 0.05) is 46.0 Å². The lowest BCUT2D eigenvalue weighted by molar-refractivity contribution is 0.627. The minimum absolute atomic E-state index is 0.241. The molecule has 0 saturated carbocycles. The maximum Gasteiger partial charge on any atom is 0.197 e. The highest BCUT2D eigenvalue weighted by molar-refractivity contribution is 5.96. The predicted molar refractivity (Wildman–Crippen MR) is 95.3 cm³/mol. The van der Waals surface area contributed by atoms with Gasteiger partial charge in [0.05, 0.1) is 22.4 Å². The lowest BCUT2D eigenvalue weighted by Crippen LogP contribution is -2.16. The van der Waals surface area contributed by atoms with Gasteiger partial charge in [0.15, 0.2) is 5.43 Å². The average Bonchev–Trinajstić information content (AvgIpc) is 2.51. The quantitative estimate of drug-likeness (QED) is 0.676. The number of hydrogen-bond acceptors (Lipinski definition) is 3. The van der Waals surface area contributed by atoms with Crippen LogP contribution >= 0.6 is 0 Å². The molecule has 0 fully saturated rings. The molecule has 0 bridgehead atoms. The van der Waals surface area contributed by atoms with Crippen LogP contribution in [0.2, 0.25) is 0 Å². The van der Waals surface area contributed by atoms with Crippen molar-refractivity contribution in [1.29, 1.82) is 0 Å². The van der Waals surface area contributed by atoms with E-state index in [1.54, 1.807) is 61.7 Å². The Balaban J connectivity index is 2.52. The van der Waals surface area contributed by atoms with E-state index in [0.29, 0.717) is 22.4 Å². The zero-order valence-corrected chi connectivity index (χ0v) is 14.3. The van der Waals surface area contributed by atoms with Crippen molar-refractivity contribution in [3.63, 3.8) is 0 Å². The lowest BCUT2D eigenvalue weighted by Gasteiger charge is -2.19. The van der Waals surface area contributed by atoms with Crippen LogP contribution in [-0.2, 0) is 7.05 Å². The Bertz CT molecular complexity index is 945. The molecule has 3 rings (SSSR count). The fraction of sp³-hybridized carbons (Fsp3) is 0.278. The Labute approximate surface area is 138 Å². The number of benzene rings is 2. The zero-order valence-electron chi connectivity index (χ0n) is 14.3. The summed E-state index contributed by atoms with van der Waals surface area (Å²) in [6.45, 7) is 0. The molecule has 0 spiro atoms. The SMILES string of the molecule is CN(C)c1cc2c(cc1F)c(=O)c1cc(F)c(N(C)C)cc1n2C. The third kappa shape index (κ3) is 2.29. The second kappa shape index (κ2) is 5.47. The second-order valence-electron chi connectivity index (χ2n) is 6.32. The molecule has 0 atom stereocenters. The van der Waals surface area contributed by atoms with Crippen molar-refractivity contribution in [2.75, 3.05) is 38.0 Å². The zero-order chi connectivity index (χ0) is 17.8. The molecule has 126 valence electrons. The first kappa shape index (κ1) is 16.2. The van der Waals surface area contributed by atoms with Crippen molar-refractivity contribution in [1.82, 2.24) is 4.57 Å². The van der Waals surface area contributed by atoms with E-state index in [-0.39, 0.29) is 16.2 Å². The van der Waals surface area contributed by atoms with Crippen LogP contribution in [0.5, 0.6) is 0 Å². The van der Waals surface area contributed by atoms with Gasteiger partial charge in [0.1, 0.15) is 11.6 Å². The van der Waals surface area contributed by atoms with E-state index in [9.17, 15) is 13.6 Å². The first-order chi connectivity index (χ1) is 11.2. The molecule has 1 aromatic heterocycles. The highest BCUT2D eigenvalue weighted by Gasteiger charge is 2.16. The normalized spacial score (nSPS) is 11.3. The van der Waals surface area contributed by atoms with Gasteiger partial charge in [-0.3, -0.25) is 4.79 Å². The van der Waals surface area contributed by atoms with Gasteiger partial charge in [-0.1, -0.05) is 0 Å². The van der Waals surface area contributed by atoms with Crippen molar-refractivity contribution < 1.29 is 8.78 Å². The molecule has 1 heterocycles. The smallest absolute Gasteiger partial charge is 0.197 e. The van der Waals surface area contributed by atoms with Gasteiger partial charge in [0.25, 0.3) is 0 Å². The molecule has 0 unspecified atom stereocenters. The number of pyridine rings is 1. The van der Waals surface area contributed by atoms with Crippen molar-refractivity contribution in [3.05, 3.63) is 46.1 Å². The van der Waals surface area contributed by atoms with Crippen LogP contribution in [0.4, 0.5) is 20.2 Å². The highest BCUT2D eigenvalue weighted by atomic mass is 19.1. The van der Waals surface area contributed by atoms with Crippen molar-refractivity contribution in [2.24, 2.45) is 7.05 Å². The molecule has 2 aromatic carbocycles. The summed E-state index contributed by atoms with van der Waals surface area (Å²) < 4.78 is 30.3. The molecule has 0 aliphatic rings. The highest BCUT2D eigenvalue weighted by Crippen LogP contribution is 2.28. The molecule has 0 aliphatic heterocycles. The molecule has 0 N–H and O–H groups in total. The van der Waals surface area contributed by atoms with Crippen molar-refractivity contribution in [2.45, 2.75) is 0 Å². The Hall–Kier alpha value is -2.63. The first-order valence-corrected chi connectivity index (χ1v) is 7.52. The molecule has 4 nitrogen and oxygen atoms in total. The van der Waals surface area contributed by atoms with E-state index in [1.165, 1.54) is 12.1 Å². The standard InChI is InChI=1S/C18H19F2N3O/c1-21(2)16-8-14-10(6-12(16)19)18(24)11-7-13(20)17(22(3)4)9-15(11)23(14)5/h6-9H,1-5H3. The minimum atomic E-state index is -0.477. The summed E-state index contributed by atoms with van der Waals surface area (Å²) in [6.07, 6.45) is 0. The topological polar surface area (TPSA) is 28.5 Å². The maximum absolute atomic E-state index is 14.3. The second-order valence-corrected chi connectivity index (χ2v) is 6.32. The minimum Gasteiger partial charge on any atom is -0.375 e. The van der Waals surface area contributed by atoms with E-state index >= 15 is 0 Å². The van der Waals surface area contributed by atoms with Crippen molar-refractivity contribution in [3.8, 4) is 0 Å². The van der Waals surface area contributed by atoms with E-state index in [1.807, 2.05) is 0 Å². The number of halogens is 2. The number of fused-ring (bicyclic) bond motifs is 2. The summed E-state index contributed by atoms with van der Waals surface area (Å²) in [5, 5.41) is 0.482. The largest absolute Gasteiger partial charge is 0.375 e. The van der Waals surface area contributed by atoms with E-state index in [2.05, 4.69) is 0 Å².